The summed E-state index contributed by atoms with van der Waals surface area (Å²) in [7, 11) is 1.74. The van der Waals surface area contributed by atoms with Crippen LogP contribution in [-0.2, 0) is 23.4 Å². The van der Waals surface area contributed by atoms with Crippen molar-refractivity contribution in [1.29, 1.82) is 0 Å². The molecule has 0 atom stereocenters. The molecule has 1 aliphatic carbocycles. The molecule has 1 fully saturated rings. The van der Waals surface area contributed by atoms with Crippen LogP contribution in [0, 0.1) is 5.41 Å². The number of methoxy groups -OCH3 is 1. The molecule has 142 valence electrons. The molecule has 2 aromatic rings. The lowest BCUT2D eigenvalue weighted by atomic mass is 9.58. The number of hydrogen-bond acceptors (Lipinski definition) is 5. The van der Waals surface area contributed by atoms with Gasteiger partial charge in [0.1, 0.15) is 0 Å². The summed E-state index contributed by atoms with van der Waals surface area (Å²) in [6.07, 6.45) is 2.80. The molecule has 8 heteroatoms. The summed E-state index contributed by atoms with van der Waals surface area (Å²) in [4.78, 5) is 0. The monoisotopic (exact) mass is 397 g/mol. The number of tetrazole rings is 1. The standard InChI is InChI=1S/C18H25Cl2N5O/c1-4-5-25-16(22-23-24-25)18(10-17(2,11-18)12-26-3)21-9-13-6-14(19)8-15(20)7-13/h6-8,21H,4-5,9-12H2,1-3H3. The molecule has 1 aromatic heterocycles. The van der Waals surface area contributed by atoms with Gasteiger partial charge < -0.3 is 10.1 Å². The van der Waals surface area contributed by atoms with E-state index in [1.54, 1.807) is 13.2 Å². The topological polar surface area (TPSA) is 64.9 Å². The van der Waals surface area contributed by atoms with Crippen molar-refractivity contribution in [1.82, 2.24) is 25.5 Å². The first-order valence-electron chi connectivity index (χ1n) is 8.85. The third kappa shape index (κ3) is 4.03. The number of halogens is 2. The minimum atomic E-state index is -0.277. The largest absolute Gasteiger partial charge is 0.384 e. The van der Waals surface area contributed by atoms with Crippen LogP contribution < -0.4 is 5.32 Å². The van der Waals surface area contributed by atoms with Gasteiger partial charge in [-0.15, -0.1) is 5.10 Å². The number of benzene rings is 1. The maximum absolute atomic E-state index is 6.14. The summed E-state index contributed by atoms with van der Waals surface area (Å²) in [6.45, 7) is 6.52. The summed E-state index contributed by atoms with van der Waals surface area (Å²) in [6, 6.07) is 5.59. The lowest BCUT2D eigenvalue weighted by Gasteiger charge is -2.54. The minimum absolute atomic E-state index is 0.108. The van der Waals surface area contributed by atoms with Gasteiger partial charge in [-0.05, 0) is 58.9 Å². The van der Waals surface area contributed by atoms with Crippen LogP contribution in [0.1, 0.15) is 44.5 Å². The zero-order valence-corrected chi connectivity index (χ0v) is 16.9. The number of nitrogens with one attached hydrogen (secondary N) is 1. The van der Waals surface area contributed by atoms with Crippen molar-refractivity contribution in [3.8, 4) is 0 Å². The number of ether oxygens (including phenoxy) is 1. The number of aryl methyl sites for hydroxylation is 1. The fourth-order valence-electron chi connectivity index (χ4n) is 4.11. The van der Waals surface area contributed by atoms with E-state index in [0.717, 1.165) is 43.8 Å². The van der Waals surface area contributed by atoms with E-state index in [1.807, 2.05) is 16.8 Å². The summed E-state index contributed by atoms with van der Waals surface area (Å²) < 4.78 is 7.32. The molecular formula is C18H25Cl2N5O. The van der Waals surface area contributed by atoms with Crippen LogP contribution in [0.25, 0.3) is 0 Å². The summed E-state index contributed by atoms with van der Waals surface area (Å²) >= 11 is 12.3. The predicted octanol–water partition coefficient (Wildman–Crippen LogP) is 3.82. The molecule has 1 aromatic carbocycles. The van der Waals surface area contributed by atoms with E-state index in [1.165, 1.54) is 0 Å². The van der Waals surface area contributed by atoms with E-state index in [2.05, 4.69) is 34.7 Å². The lowest BCUT2D eigenvalue weighted by molar-refractivity contribution is -0.0523. The van der Waals surface area contributed by atoms with Crippen molar-refractivity contribution >= 4 is 23.2 Å². The zero-order valence-electron chi connectivity index (χ0n) is 15.4. The van der Waals surface area contributed by atoms with Crippen LogP contribution in [0.4, 0.5) is 0 Å². The second-order valence-electron chi connectivity index (χ2n) is 7.54. The molecule has 1 saturated carbocycles. The SMILES string of the molecule is CCCn1nnnc1C1(NCc2cc(Cl)cc(Cl)c2)CC(C)(COC)C1. The number of aromatic nitrogens is 4. The van der Waals surface area contributed by atoms with Crippen LogP contribution in [0.3, 0.4) is 0 Å². The van der Waals surface area contributed by atoms with E-state index >= 15 is 0 Å². The molecule has 6 nitrogen and oxygen atoms in total. The average Bonchev–Trinajstić information content (AvgIpc) is 2.99. The van der Waals surface area contributed by atoms with Crippen LogP contribution in [0.2, 0.25) is 10.0 Å². The summed E-state index contributed by atoms with van der Waals surface area (Å²) in [5, 5.41) is 17.4. The van der Waals surface area contributed by atoms with Crippen LogP contribution >= 0.6 is 23.2 Å². The first kappa shape index (κ1) is 19.5. The van der Waals surface area contributed by atoms with Crippen LogP contribution in [0.5, 0.6) is 0 Å². The number of hydrogen-bond donors (Lipinski definition) is 1. The van der Waals surface area contributed by atoms with Crippen molar-refractivity contribution in [2.45, 2.75) is 51.7 Å². The van der Waals surface area contributed by atoms with E-state index in [9.17, 15) is 0 Å². The third-order valence-corrected chi connectivity index (χ3v) is 5.33. The Morgan fingerprint density at radius 2 is 1.92 bits per heavy atom. The molecule has 1 heterocycles. The van der Waals surface area contributed by atoms with Gasteiger partial charge in [0.25, 0.3) is 0 Å². The smallest absolute Gasteiger partial charge is 0.171 e. The Balaban J connectivity index is 1.83. The predicted molar refractivity (Wildman–Crippen MR) is 102 cm³/mol. The van der Waals surface area contributed by atoms with Crippen molar-refractivity contribution in [3.63, 3.8) is 0 Å². The van der Waals surface area contributed by atoms with Gasteiger partial charge in [0.05, 0.1) is 12.1 Å². The van der Waals surface area contributed by atoms with Gasteiger partial charge >= 0.3 is 0 Å². The summed E-state index contributed by atoms with van der Waals surface area (Å²) in [5.41, 5.74) is 0.869. The van der Waals surface area contributed by atoms with Gasteiger partial charge in [-0.3, -0.25) is 0 Å². The van der Waals surface area contributed by atoms with Gasteiger partial charge in [-0.1, -0.05) is 37.0 Å². The molecular weight excluding hydrogens is 373 g/mol. The highest BCUT2D eigenvalue weighted by molar-refractivity contribution is 6.34. The molecule has 1 N–H and O–H groups in total. The van der Waals surface area contributed by atoms with Gasteiger partial charge in [0, 0.05) is 30.2 Å². The Kier molecular flexibility index (Phi) is 5.87. The number of rotatable bonds is 8. The van der Waals surface area contributed by atoms with Gasteiger partial charge in [-0.25, -0.2) is 4.68 Å². The normalized spacial score (nSPS) is 25.3. The van der Waals surface area contributed by atoms with Crippen LogP contribution in [-0.4, -0.2) is 33.9 Å². The molecule has 0 radical (unpaired) electrons. The van der Waals surface area contributed by atoms with Crippen molar-refractivity contribution in [3.05, 3.63) is 39.6 Å². The molecule has 3 rings (SSSR count). The summed E-state index contributed by atoms with van der Waals surface area (Å²) in [5.74, 6) is 0.890. The van der Waals surface area contributed by atoms with E-state index in [4.69, 9.17) is 27.9 Å². The Labute approximate surface area is 164 Å². The Morgan fingerprint density at radius 1 is 1.23 bits per heavy atom. The molecule has 0 aliphatic heterocycles. The third-order valence-electron chi connectivity index (χ3n) is 4.90. The van der Waals surface area contributed by atoms with Gasteiger partial charge in [0.2, 0.25) is 0 Å². The highest BCUT2D eigenvalue weighted by atomic mass is 35.5. The van der Waals surface area contributed by atoms with E-state index in [0.29, 0.717) is 16.6 Å². The van der Waals surface area contributed by atoms with Crippen LogP contribution in [0.15, 0.2) is 18.2 Å². The van der Waals surface area contributed by atoms with E-state index in [-0.39, 0.29) is 11.0 Å². The molecule has 26 heavy (non-hydrogen) atoms. The minimum Gasteiger partial charge on any atom is -0.384 e. The zero-order chi connectivity index (χ0) is 18.8. The molecule has 0 unspecified atom stereocenters. The molecule has 0 bridgehead atoms. The average molecular weight is 398 g/mol. The second-order valence-corrected chi connectivity index (χ2v) is 8.41. The van der Waals surface area contributed by atoms with Gasteiger partial charge in [0.15, 0.2) is 5.82 Å². The van der Waals surface area contributed by atoms with Crippen molar-refractivity contribution in [2.75, 3.05) is 13.7 Å². The fraction of sp³-hybridized carbons (Fsp3) is 0.611. The lowest BCUT2D eigenvalue weighted by Crippen LogP contribution is -2.59. The van der Waals surface area contributed by atoms with Crippen molar-refractivity contribution in [2.24, 2.45) is 5.41 Å². The molecule has 0 amide bonds. The number of nitrogens with zero attached hydrogens (tertiary/aromatic N) is 4. The second kappa shape index (κ2) is 7.80. The molecule has 1 aliphatic rings. The highest BCUT2D eigenvalue weighted by Crippen LogP contribution is 2.53. The maximum atomic E-state index is 6.14. The van der Waals surface area contributed by atoms with E-state index < -0.39 is 0 Å². The fourth-order valence-corrected chi connectivity index (χ4v) is 4.68. The Bertz CT molecular complexity index is 738. The molecule has 0 saturated heterocycles. The quantitative estimate of drug-likeness (QED) is 0.733. The Morgan fingerprint density at radius 3 is 2.54 bits per heavy atom. The maximum Gasteiger partial charge on any atom is 0.171 e. The first-order valence-corrected chi connectivity index (χ1v) is 9.61. The highest BCUT2D eigenvalue weighted by Gasteiger charge is 2.55. The molecule has 0 spiro atoms. The van der Waals surface area contributed by atoms with Crippen molar-refractivity contribution < 1.29 is 4.74 Å². The Hall–Kier alpha value is -1.21. The van der Waals surface area contributed by atoms with Gasteiger partial charge in [-0.2, -0.15) is 0 Å². The first-order chi connectivity index (χ1) is 12.4.